The Labute approximate surface area is 684 Å². The topological polar surface area (TPSA) is 1480 Å². The molecule has 58 nitrogen and oxygen atoms in total. The van der Waals surface area contributed by atoms with Gasteiger partial charge in [-0.05, 0) is 72.8 Å². The molecule has 7 rings (SSSR count). The Morgan fingerprint density at radius 2 is 0.231 bits per heavy atom. The molecule has 0 aliphatic rings. The molecule has 72 heteroatoms. The van der Waals surface area contributed by atoms with Crippen LogP contribution in [0.25, 0.3) is 56.4 Å². The van der Waals surface area contributed by atoms with Crippen LogP contribution in [0.1, 0.15) is 0 Å². The summed E-state index contributed by atoms with van der Waals surface area (Å²) in [4.78, 5) is 20.8. The van der Waals surface area contributed by atoms with Gasteiger partial charge >= 0.3 is 77.2 Å². The standard InChI is InChI=1S/C36H24O24S12.2O2.30H2O.2Tb/c37-31-19-1-13(67(43,44)45)2-20(31)62-23-5-15(69(49,50)51)6-24(33(23)39)64-27-9-17(71(55,56)57)10-28(35(27)41)66-30-12-18(72(58,59)60)11-29(36(30)42)65-26-8-16(70(52,53)54)7-25(34(26)40)63-22-4-14(68(46,47)48)3-21(61-19)32(22)38;2*1-2;;;;;;;;;;;;;;;;;;;;;;;;;;;;;;;;/h1-12,37-42H,(H,43,44,45)(H,46,47,48)(H,49,50,51)(H,52,53,54)(H,55,56,57)(H,58,59,60);;;30*1H2;;/q;;;;;;;;;;;;;;;;;;;;;;;;;;;;;;;;;2*+3/p-6. The van der Waals surface area contributed by atoms with Crippen LogP contribution < -0.4 is 0 Å². The third kappa shape index (κ3) is 44.6. The van der Waals surface area contributed by atoms with Crippen LogP contribution in [-0.2, 0) is 60.7 Å². The molecule has 0 unspecified atom stereocenters. The quantitative estimate of drug-likeness (QED) is 0.0842. The van der Waals surface area contributed by atoms with Gasteiger partial charge in [0.1, 0.15) is 95.2 Å². The Bertz CT molecular complexity index is 3740. The maximum absolute atomic E-state index is 12.5. The summed E-state index contributed by atoms with van der Waals surface area (Å²) in [6, 6.07) is 5.69. The van der Waals surface area contributed by atoms with Crippen molar-refractivity contribution in [2.75, 3.05) is 0 Å². The molecular formula is C36H78O58S12Tb2. The van der Waals surface area contributed by atoms with Crippen molar-refractivity contribution >= 4 is 185 Å². The van der Waals surface area contributed by atoms with E-state index in [-0.39, 0.29) is 310 Å². The van der Waals surface area contributed by atoms with Crippen molar-refractivity contribution in [1.82, 2.24) is 0 Å². The maximum Gasteiger partial charge on any atom is 3.00 e. The van der Waals surface area contributed by atoms with Crippen LogP contribution in [-0.4, -0.2) is 273 Å². The largest absolute Gasteiger partial charge is 3.00 e. The van der Waals surface area contributed by atoms with E-state index in [0.717, 1.165) is 0 Å². The number of aromatic hydroxyl groups is 6. The van der Waals surface area contributed by atoms with Crippen LogP contribution in [0.4, 0.5) is 0 Å². The van der Waals surface area contributed by atoms with Gasteiger partial charge < -0.3 is 222 Å². The second-order valence-electron chi connectivity index (χ2n) is 13.9. The van der Waals surface area contributed by atoms with Crippen LogP contribution in [0.5, 0.6) is 34.5 Å². The molecule has 12 bridgehead atoms. The van der Waals surface area contributed by atoms with Crippen LogP contribution in [0.3, 0.4) is 0 Å². The first-order valence-corrected chi connectivity index (χ1v) is 31.6. The summed E-state index contributed by atoms with van der Waals surface area (Å²) in [5.74, 6) is -6.59. The SMILES string of the molecule is O.O.O.O.O.O.O.O.O.O.O.O.O.O.O.O.O.O.O.O.O.O.O.O.O.O.O.O.O.O.O=O.O=O.O=S(=O)([O-])c1cc2sc3cc(S(=O)(=O)[O-])cc(sc4cc(S(=O)(=O)[O-])cc(sc5cc(S(=O)(=O)[O-])cc(sc6cc(S(=O)(=O)[O-])cc(sc7cc(S(=O)(=O)[O-])cc(sc(c1)c2O)c7O)c6O)c5O)c4O)c3O.[Tb+3].[Tb+3]. The van der Waals surface area contributed by atoms with E-state index in [0.29, 0.717) is 72.8 Å². The summed E-state index contributed by atoms with van der Waals surface area (Å²) in [5, 5.41) is 69.2. The second-order valence-corrected chi connectivity index (χ2v) is 28.7. The summed E-state index contributed by atoms with van der Waals surface area (Å²) in [6.07, 6.45) is 0. The fourth-order valence-electron chi connectivity index (χ4n) is 5.86. The zero-order valence-electron chi connectivity index (χ0n) is 51.2. The van der Waals surface area contributed by atoms with E-state index in [1.165, 1.54) is 0 Å². The molecule has 0 aliphatic heterocycles. The van der Waals surface area contributed by atoms with Gasteiger partial charge in [0.15, 0.2) is 0 Å². The van der Waals surface area contributed by atoms with Crippen molar-refractivity contribution in [1.29, 1.82) is 0 Å². The van der Waals surface area contributed by atoms with Crippen molar-refractivity contribution < 1.29 is 350 Å². The van der Waals surface area contributed by atoms with Gasteiger partial charge in [0.2, 0.25) is 0 Å². The van der Waals surface area contributed by atoms with E-state index in [1.54, 1.807) is 0 Å². The minimum absolute atomic E-state index is 0. The van der Waals surface area contributed by atoms with E-state index in [9.17, 15) is 108 Å². The summed E-state index contributed by atoms with van der Waals surface area (Å²) >= 11 is 0.211. The molecule has 108 heavy (non-hydrogen) atoms. The average molecular weight is 2140 g/mol. The van der Waals surface area contributed by atoms with Crippen LogP contribution in [0, 0.1) is 97.1 Å². The van der Waals surface area contributed by atoms with Gasteiger partial charge in [-0.1, -0.05) is 0 Å². The number of rotatable bonds is 6. The molecule has 0 saturated carbocycles. The normalized spacial score (nSPS) is 8.57. The number of phenols is 6. The van der Waals surface area contributed by atoms with Gasteiger partial charge in [0.25, 0.3) is 0 Å². The number of fused-ring (bicyclic) bond motifs is 12. The zero-order chi connectivity index (χ0) is 57.6. The molecule has 1 aromatic heterocycles. The number of hydrogen-bond acceptors (Lipinski definition) is 34. The number of benzene rings is 6. The maximum atomic E-state index is 12.5. The fourth-order valence-corrected chi connectivity index (χ4v) is 16.4. The molecular weight excluding hydrogens is 2060 g/mol. The predicted octanol–water partition coefficient (Wildman–Crippen LogP) is -18.9. The molecule has 660 valence electrons. The van der Waals surface area contributed by atoms with E-state index in [4.69, 9.17) is 19.9 Å². The van der Waals surface area contributed by atoms with E-state index in [2.05, 4.69) is 0 Å². The fraction of sp³-hybridized carbons (Fsp3) is 0. The van der Waals surface area contributed by atoms with E-state index in [1.807, 2.05) is 0 Å². The van der Waals surface area contributed by atoms with Gasteiger partial charge in [-0.2, -0.15) is 0 Å². The minimum Gasteiger partial charge on any atom is -0.744 e. The molecule has 0 atom stereocenters. The van der Waals surface area contributed by atoms with Gasteiger partial charge in [0, 0.05) is 19.9 Å². The van der Waals surface area contributed by atoms with Gasteiger partial charge in [-0.3, -0.25) is 0 Å². The Hall–Kier alpha value is -4.53. The van der Waals surface area contributed by atoms with E-state index >= 15 is 0 Å². The summed E-state index contributed by atoms with van der Waals surface area (Å²) < 4.78 is 215. The Morgan fingerprint density at radius 1 is 0.176 bits per heavy atom. The minimum atomic E-state index is -5.60. The molecule has 0 spiro atoms. The molecule has 66 N–H and O–H groups in total. The van der Waals surface area contributed by atoms with Crippen molar-refractivity contribution in [2.45, 2.75) is 29.4 Å². The van der Waals surface area contributed by atoms with Crippen molar-refractivity contribution in [2.24, 2.45) is 0 Å². The number of phenolic OH excluding ortho intramolecular Hbond substituents is 6. The first-order chi connectivity index (χ1) is 34.9. The molecule has 0 radical (unpaired) electrons. The second kappa shape index (κ2) is 71.5. The van der Waals surface area contributed by atoms with Crippen molar-refractivity contribution in [3.8, 4) is 34.5 Å². The first kappa shape index (κ1) is 191. The monoisotopic (exact) mass is 2140 g/mol. The third-order valence-corrected chi connectivity index (χ3v) is 20.4. The Balaban J connectivity index is -0.0000000672. The van der Waals surface area contributed by atoms with Gasteiger partial charge in [-0.25, -0.2) is 50.5 Å². The van der Waals surface area contributed by atoms with Gasteiger partial charge in [-0.15, -0.1) is 68.0 Å². The first-order valence-electron chi connectivity index (χ1n) is 18.3. The van der Waals surface area contributed by atoms with Crippen molar-refractivity contribution in [3.63, 3.8) is 0 Å². The third-order valence-electron chi connectivity index (χ3n) is 9.13. The molecule has 0 saturated heterocycles. The Kier molecular flexibility index (Phi) is 126. The van der Waals surface area contributed by atoms with Gasteiger partial charge in [0.05, 0.1) is 85.8 Å². The van der Waals surface area contributed by atoms with Crippen LogP contribution >= 0.6 is 68.0 Å². The van der Waals surface area contributed by atoms with Crippen molar-refractivity contribution in [3.05, 3.63) is 92.7 Å². The molecule has 1 heterocycles. The molecule has 0 amide bonds. The molecule has 7 aromatic rings. The molecule has 6 aromatic carbocycles. The smallest absolute Gasteiger partial charge is 0.744 e. The zero-order valence-corrected chi connectivity index (χ0v) is 65.2. The summed E-state index contributed by atoms with van der Waals surface area (Å²) in [5.41, 5.74) is 0. The van der Waals surface area contributed by atoms with E-state index < -0.39 is 181 Å². The van der Waals surface area contributed by atoms with Crippen LogP contribution in [0.15, 0.2) is 102 Å². The summed E-state index contributed by atoms with van der Waals surface area (Å²) in [6.45, 7) is 0. The summed E-state index contributed by atoms with van der Waals surface area (Å²) in [7, 11) is -33.6. The van der Waals surface area contributed by atoms with Crippen LogP contribution in [0.2, 0.25) is 0 Å². The Morgan fingerprint density at radius 3 is 0.278 bits per heavy atom. The predicted molar refractivity (Wildman–Crippen MR) is 378 cm³/mol. The average Bonchev–Trinajstić information content (AvgIpc) is 3.29. The number of hydrogen-bond donors (Lipinski definition) is 6. The molecule has 0 aliphatic carbocycles. The molecule has 0 fully saturated rings.